The molecule has 5 aromatic rings. The van der Waals surface area contributed by atoms with Gasteiger partial charge in [-0.25, -0.2) is 0 Å². The molecule has 0 aliphatic carbocycles. The summed E-state index contributed by atoms with van der Waals surface area (Å²) in [6.45, 7) is 2.00. The van der Waals surface area contributed by atoms with Gasteiger partial charge < -0.3 is 34.3 Å². The molecule has 4 atom stereocenters. The Labute approximate surface area is 351 Å². The van der Waals surface area contributed by atoms with Gasteiger partial charge in [-0.2, -0.15) is 0 Å². The summed E-state index contributed by atoms with van der Waals surface area (Å²) in [5.74, 6) is 1.24. The van der Waals surface area contributed by atoms with E-state index in [0.29, 0.717) is 58.3 Å². The molecule has 3 aliphatic rings. The average molecular weight is 827 g/mol. The number of carbonyl (C=O) groups excluding carboxylic acids is 3. The van der Waals surface area contributed by atoms with Crippen LogP contribution in [0.4, 0.5) is 22.7 Å². The molecule has 14 heteroatoms. The second-order valence-corrected chi connectivity index (χ2v) is 15.4. The Morgan fingerprint density at radius 1 is 0.817 bits per heavy atom. The molecule has 3 aliphatic heterocycles. The molecule has 308 valence electrons. The predicted molar refractivity (Wildman–Crippen MR) is 236 cm³/mol. The van der Waals surface area contributed by atoms with Crippen molar-refractivity contribution in [2.75, 3.05) is 48.1 Å². The largest absolute Gasteiger partial charge is 0.493 e. The molecule has 0 saturated heterocycles. The Kier molecular flexibility index (Phi) is 11.5. The van der Waals surface area contributed by atoms with Gasteiger partial charge in [0, 0.05) is 54.8 Å². The first-order chi connectivity index (χ1) is 29.1. The molecule has 0 radical (unpaired) electrons. The van der Waals surface area contributed by atoms with Crippen LogP contribution in [0.1, 0.15) is 49.9 Å². The standard InChI is InChI=1S/C46H47N6O7P/c1-27(48-3)44(53)49-33-17-28(25-58-39-15-14-32(20-40(39)56-4)45(54)50-34(24-47-2)19-30-10-6-8-12-36(30)50)16-29(18-33)26-59-42-23-38-35(22-41(42)57-5)46(55)51-37-13-9-7-11-31(37)21-43(51)52(38)60/h6-18,20,22-24,27,34,43,48H,19,21,25-26,60H2,1-5H3,(H,49,53)/b47-24-. The summed E-state index contributed by atoms with van der Waals surface area (Å²) in [7, 11) is 9.28. The zero-order valence-electron chi connectivity index (χ0n) is 34.1. The molecule has 0 aromatic heterocycles. The number of amides is 3. The van der Waals surface area contributed by atoms with E-state index in [9.17, 15) is 14.4 Å². The number of fused-ring (bicyclic) bond motifs is 5. The Morgan fingerprint density at radius 2 is 1.47 bits per heavy atom. The molecule has 0 fully saturated rings. The van der Waals surface area contributed by atoms with Gasteiger partial charge >= 0.3 is 0 Å². The Balaban J connectivity index is 1.03. The number of para-hydroxylation sites is 2. The van der Waals surface area contributed by atoms with Gasteiger partial charge in [0.05, 0.1) is 37.6 Å². The summed E-state index contributed by atoms with van der Waals surface area (Å²) in [6, 6.07) is 29.5. The van der Waals surface area contributed by atoms with Crippen molar-refractivity contribution < 1.29 is 33.3 Å². The summed E-state index contributed by atoms with van der Waals surface area (Å²) in [4.78, 5) is 48.7. The van der Waals surface area contributed by atoms with Crippen LogP contribution in [0.2, 0.25) is 0 Å². The molecule has 3 amide bonds. The highest BCUT2D eigenvalue weighted by atomic mass is 31.0. The molecule has 60 heavy (non-hydrogen) atoms. The zero-order valence-corrected chi connectivity index (χ0v) is 35.3. The highest BCUT2D eigenvalue weighted by molar-refractivity contribution is 7.19. The Morgan fingerprint density at radius 3 is 2.15 bits per heavy atom. The molecule has 5 aromatic carbocycles. The molecule has 0 bridgehead atoms. The number of nitrogens with one attached hydrogen (secondary N) is 2. The summed E-state index contributed by atoms with van der Waals surface area (Å²) in [5.41, 5.74) is 7.71. The van der Waals surface area contributed by atoms with Crippen LogP contribution >= 0.6 is 9.39 Å². The topological polar surface area (TPSA) is 134 Å². The van der Waals surface area contributed by atoms with E-state index in [-0.39, 0.29) is 43.1 Å². The Bertz CT molecular complexity index is 2510. The number of nitrogens with zero attached hydrogens (tertiary/aromatic N) is 4. The van der Waals surface area contributed by atoms with Crippen LogP contribution in [-0.4, -0.2) is 70.5 Å². The van der Waals surface area contributed by atoms with Crippen LogP contribution in [0, 0.1) is 0 Å². The average Bonchev–Trinajstić information content (AvgIpc) is 3.85. The van der Waals surface area contributed by atoms with Gasteiger partial charge in [0.1, 0.15) is 19.4 Å². The fourth-order valence-corrected chi connectivity index (χ4v) is 8.51. The number of aliphatic imine (C=N–C) groups is 1. The maximum atomic E-state index is 14.0. The highest BCUT2D eigenvalue weighted by Crippen LogP contribution is 2.46. The third-order valence-corrected chi connectivity index (χ3v) is 11.8. The van der Waals surface area contributed by atoms with Gasteiger partial charge in [-0.1, -0.05) is 36.4 Å². The van der Waals surface area contributed by atoms with Crippen LogP contribution in [0.25, 0.3) is 0 Å². The van der Waals surface area contributed by atoms with E-state index in [0.717, 1.165) is 33.6 Å². The maximum absolute atomic E-state index is 14.0. The van der Waals surface area contributed by atoms with Gasteiger partial charge in [-0.15, -0.1) is 0 Å². The van der Waals surface area contributed by atoms with Crippen LogP contribution < -0.4 is 44.1 Å². The van der Waals surface area contributed by atoms with Crippen molar-refractivity contribution in [2.24, 2.45) is 4.99 Å². The van der Waals surface area contributed by atoms with E-state index in [1.807, 2.05) is 76.3 Å². The second kappa shape index (κ2) is 17.0. The summed E-state index contributed by atoms with van der Waals surface area (Å²) >= 11 is 0. The molecular weight excluding hydrogens is 780 g/mol. The molecule has 2 N–H and O–H groups in total. The lowest BCUT2D eigenvalue weighted by atomic mass is 10.1. The number of anilines is 4. The summed E-state index contributed by atoms with van der Waals surface area (Å²) in [5, 5.41) is 5.97. The first kappa shape index (κ1) is 40.4. The van der Waals surface area contributed by atoms with Crippen molar-refractivity contribution in [3.05, 3.63) is 130 Å². The quantitative estimate of drug-likeness (QED) is 0.0970. The first-order valence-corrected chi connectivity index (χ1v) is 20.2. The van der Waals surface area contributed by atoms with Crippen molar-refractivity contribution in [1.82, 2.24) is 5.32 Å². The molecule has 13 nitrogen and oxygen atoms in total. The van der Waals surface area contributed by atoms with Gasteiger partial charge in [-0.05, 0) is 100 Å². The van der Waals surface area contributed by atoms with E-state index in [1.54, 1.807) is 63.5 Å². The van der Waals surface area contributed by atoms with Gasteiger partial charge in [-0.3, -0.25) is 29.2 Å². The van der Waals surface area contributed by atoms with Crippen molar-refractivity contribution in [1.29, 1.82) is 0 Å². The lowest BCUT2D eigenvalue weighted by Gasteiger charge is -2.40. The predicted octanol–water partition coefficient (Wildman–Crippen LogP) is 6.82. The smallest absolute Gasteiger partial charge is 0.262 e. The van der Waals surface area contributed by atoms with Crippen LogP contribution in [0.15, 0.2) is 102 Å². The number of methoxy groups -OCH3 is 2. The van der Waals surface area contributed by atoms with Crippen LogP contribution in [0.5, 0.6) is 23.0 Å². The fraction of sp³-hybridized carbons (Fsp3) is 0.261. The van der Waals surface area contributed by atoms with Gasteiger partial charge in [0.25, 0.3) is 11.8 Å². The Hall–Kier alpha value is -6.43. The van der Waals surface area contributed by atoms with E-state index < -0.39 is 6.04 Å². The zero-order chi connectivity index (χ0) is 42.1. The lowest BCUT2D eigenvalue weighted by Crippen LogP contribution is -2.50. The van der Waals surface area contributed by atoms with Crippen molar-refractivity contribution in [3.63, 3.8) is 0 Å². The van der Waals surface area contributed by atoms with E-state index in [2.05, 4.69) is 31.1 Å². The third kappa shape index (κ3) is 7.62. The number of benzene rings is 5. The minimum atomic E-state index is -0.436. The van der Waals surface area contributed by atoms with E-state index in [4.69, 9.17) is 18.9 Å². The molecule has 0 saturated carbocycles. The second-order valence-electron chi connectivity index (χ2n) is 14.9. The third-order valence-electron chi connectivity index (χ3n) is 11.2. The minimum Gasteiger partial charge on any atom is -0.493 e. The lowest BCUT2D eigenvalue weighted by molar-refractivity contribution is -0.117. The van der Waals surface area contributed by atoms with Crippen molar-refractivity contribution in [2.45, 2.75) is 51.2 Å². The van der Waals surface area contributed by atoms with Gasteiger partial charge in [0.2, 0.25) is 5.91 Å². The first-order valence-electron chi connectivity index (χ1n) is 19.7. The minimum absolute atomic E-state index is 0.0989. The van der Waals surface area contributed by atoms with Crippen LogP contribution in [0.3, 0.4) is 0 Å². The number of ether oxygens (including phenoxy) is 4. The molecule has 3 heterocycles. The molecule has 8 rings (SSSR count). The van der Waals surface area contributed by atoms with Crippen LogP contribution in [-0.2, 0) is 30.8 Å². The van der Waals surface area contributed by atoms with Crippen molar-refractivity contribution >= 4 is 56.1 Å². The summed E-state index contributed by atoms with van der Waals surface area (Å²) < 4.78 is 26.2. The number of rotatable bonds is 13. The summed E-state index contributed by atoms with van der Waals surface area (Å²) in [6.07, 6.45) is 2.99. The van der Waals surface area contributed by atoms with Gasteiger partial charge in [0.15, 0.2) is 23.0 Å². The normalized spacial score (nSPS) is 16.8. The highest BCUT2D eigenvalue weighted by Gasteiger charge is 2.43. The SMILES string of the molecule is C/N=C\C1Cc2ccccc2N1C(=O)c1ccc(OCc2cc(COc3cc4c(cc3OC)C(=O)N3c5ccccc5CC3N4P)cc(NC(=O)C(C)NC)c2)c(OC)c1. The molecular formula is C46H47N6O7P. The maximum Gasteiger partial charge on any atom is 0.262 e. The monoisotopic (exact) mass is 826 g/mol. The fourth-order valence-electron chi connectivity index (χ4n) is 8.06. The number of carbonyl (C=O) groups is 3. The number of likely N-dealkylation sites (N-methyl/N-ethyl adjacent to an activating group) is 1. The number of hydrogen-bond acceptors (Lipinski definition) is 10. The molecule has 0 spiro atoms. The number of hydrogen-bond donors (Lipinski definition) is 2. The van der Waals surface area contributed by atoms with E-state index in [1.165, 1.54) is 7.11 Å². The molecule has 4 unspecified atom stereocenters. The van der Waals surface area contributed by atoms with Crippen molar-refractivity contribution in [3.8, 4) is 23.0 Å². The van der Waals surface area contributed by atoms with E-state index >= 15 is 0 Å².